The maximum atomic E-state index is 10.6. The summed E-state index contributed by atoms with van der Waals surface area (Å²) in [6.45, 7) is 0. The molecule has 2 aromatic carbocycles. The van der Waals surface area contributed by atoms with E-state index in [1.165, 1.54) is 11.5 Å². The van der Waals surface area contributed by atoms with E-state index in [2.05, 4.69) is 9.55 Å². The van der Waals surface area contributed by atoms with Gasteiger partial charge in [-0.05, 0) is 46.5 Å². The van der Waals surface area contributed by atoms with E-state index < -0.39 is 0 Å². The van der Waals surface area contributed by atoms with Crippen LogP contribution in [0.5, 0.6) is 17.2 Å². The molecular weight excluding hydrogens is 340 g/mol. The van der Waals surface area contributed by atoms with Crippen molar-refractivity contribution in [2.24, 2.45) is 5.18 Å². The first kappa shape index (κ1) is 16.9. The molecule has 0 aliphatic carbocycles. The van der Waals surface area contributed by atoms with Gasteiger partial charge in [-0.2, -0.15) is 4.37 Å². The maximum Gasteiger partial charge on any atom is 0.203 e. The zero-order valence-electron chi connectivity index (χ0n) is 14.0. The van der Waals surface area contributed by atoms with Crippen molar-refractivity contribution in [3.8, 4) is 38.8 Å². The first-order chi connectivity index (χ1) is 12.2. The Morgan fingerprint density at radius 3 is 2.08 bits per heavy atom. The summed E-state index contributed by atoms with van der Waals surface area (Å²) in [6.07, 6.45) is 1.80. The lowest BCUT2D eigenvalue weighted by atomic mass is 10.0. The summed E-state index contributed by atoms with van der Waals surface area (Å²) in [5.74, 6) is 1.70. The van der Waals surface area contributed by atoms with Gasteiger partial charge in [-0.3, -0.25) is 0 Å². The van der Waals surface area contributed by atoms with E-state index in [0.29, 0.717) is 22.9 Å². The molecule has 3 aromatic rings. The second kappa shape index (κ2) is 7.31. The summed E-state index contributed by atoms with van der Waals surface area (Å²) in [5.41, 5.74) is 3.20. The maximum absolute atomic E-state index is 10.6. The molecule has 128 valence electrons. The van der Waals surface area contributed by atoms with Crippen molar-refractivity contribution in [3.63, 3.8) is 0 Å². The number of hydrogen-bond donors (Lipinski definition) is 0. The molecular formula is C18H16N2O4S. The average molecular weight is 356 g/mol. The van der Waals surface area contributed by atoms with Crippen LogP contribution in [-0.4, -0.2) is 25.7 Å². The van der Waals surface area contributed by atoms with Crippen molar-refractivity contribution in [2.45, 2.75) is 0 Å². The normalized spacial score (nSPS) is 10.4. The Morgan fingerprint density at radius 1 is 0.920 bits per heavy atom. The van der Waals surface area contributed by atoms with Crippen LogP contribution in [0.1, 0.15) is 0 Å². The summed E-state index contributed by atoms with van der Waals surface area (Å²) in [5, 5.41) is 2.93. The zero-order valence-corrected chi connectivity index (χ0v) is 14.8. The number of ether oxygens (including phenoxy) is 3. The van der Waals surface area contributed by atoms with E-state index in [1.807, 2.05) is 24.3 Å². The Hall–Kier alpha value is -2.93. The van der Waals surface area contributed by atoms with E-state index >= 15 is 0 Å². The van der Waals surface area contributed by atoms with Gasteiger partial charge >= 0.3 is 0 Å². The van der Waals surface area contributed by atoms with Crippen molar-refractivity contribution in [3.05, 3.63) is 47.5 Å². The second-order valence-electron chi connectivity index (χ2n) is 5.12. The van der Waals surface area contributed by atoms with Crippen LogP contribution in [-0.2, 0) is 0 Å². The van der Waals surface area contributed by atoms with E-state index in [0.717, 1.165) is 21.6 Å². The third kappa shape index (κ3) is 3.18. The summed E-state index contributed by atoms with van der Waals surface area (Å²) in [7, 11) is 4.74. The molecule has 0 fully saturated rings. The summed E-state index contributed by atoms with van der Waals surface area (Å²) in [6, 6.07) is 10.8. The Bertz CT molecular complexity index is 865. The largest absolute Gasteiger partial charge is 0.493 e. The lowest BCUT2D eigenvalue weighted by molar-refractivity contribution is 0.324. The topological polar surface area (TPSA) is 70.0 Å². The molecule has 0 amide bonds. The van der Waals surface area contributed by atoms with Gasteiger partial charge in [0.05, 0.1) is 26.2 Å². The minimum absolute atomic E-state index is 0.390. The zero-order chi connectivity index (χ0) is 17.8. The lowest BCUT2D eigenvalue weighted by Crippen LogP contribution is -1.95. The molecule has 0 spiro atoms. The number of rotatable bonds is 6. The highest BCUT2D eigenvalue weighted by atomic mass is 32.1. The summed E-state index contributed by atoms with van der Waals surface area (Å²) >= 11 is 1.37. The number of aromatic nitrogens is 1. The molecule has 7 heteroatoms. The molecule has 0 radical (unpaired) electrons. The van der Waals surface area contributed by atoms with Gasteiger partial charge in [0.25, 0.3) is 0 Å². The molecule has 0 N–H and O–H groups in total. The number of benzene rings is 2. The minimum atomic E-state index is 0.390. The third-order valence-electron chi connectivity index (χ3n) is 3.78. The van der Waals surface area contributed by atoms with Gasteiger partial charge in [0, 0.05) is 17.3 Å². The fourth-order valence-electron chi connectivity index (χ4n) is 2.57. The molecule has 0 aliphatic rings. The molecule has 1 heterocycles. The molecule has 0 saturated carbocycles. The first-order valence-corrected chi connectivity index (χ1v) is 8.18. The van der Waals surface area contributed by atoms with Crippen LogP contribution in [0.4, 0.5) is 5.69 Å². The molecule has 1 aromatic heterocycles. The van der Waals surface area contributed by atoms with Crippen LogP contribution in [0.2, 0.25) is 0 Å². The Morgan fingerprint density at radius 2 is 1.56 bits per heavy atom. The van der Waals surface area contributed by atoms with E-state index in [1.54, 1.807) is 39.7 Å². The molecule has 0 aliphatic heterocycles. The van der Waals surface area contributed by atoms with Crippen LogP contribution >= 0.6 is 11.5 Å². The molecule has 25 heavy (non-hydrogen) atoms. The average Bonchev–Trinajstić information content (AvgIpc) is 3.16. The summed E-state index contributed by atoms with van der Waals surface area (Å²) < 4.78 is 20.5. The van der Waals surface area contributed by atoms with Gasteiger partial charge in [0.1, 0.15) is 5.69 Å². The lowest BCUT2D eigenvalue weighted by Gasteiger charge is -2.14. The SMILES string of the molecule is COc1cc(-c2sncc2-c2ccc(N=O)cc2)cc(OC)c1OC. The first-order valence-electron chi connectivity index (χ1n) is 7.40. The molecule has 3 rings (SSSR count). The van der Waals surface area contributed by atoms with Crippen LogP contribution in [0.3, 0.4) is 0 Å². The molecule has 0 atom stereocenters. The van der Waals surface area contributed by atoms with Gasteiger partial charge in [0.2, 0.25) is 5.75 Å². The number of nitrogens with zero attached hydrogens (tertiary/aromatic N) is 2. The van der Waals surface area contributed by atoms with Crippen molar-refractivity contribution in [1.82, 2.24) is 4.37 Å². The van der Waals surface area contributed by atoms with Crippen LogP contribution in [0, 0.1) is 4.91 Å². The van der Waals surface area contributed by atoms with Crippen LogP contribution in [0.15, 0.2) is 47.8 Å². The van der Waals surface area contributed by atoms with Gasteiger partial charge in [-0.1, -0.05) is 12.1 Å². The standard InChI is InChI=1S/C18H16N2O4S/c1-22-15-8-12(9-16(23-2)17(15)24-3)18-14(10-19-25-18)11-4-6-13(20-21)7-5-11/h4-10H,1-3H3. The van der Waals surface area contributed by atoms with Gasteiger partial charge in [0.15, 0.2) is 11.5 Å². The highest BCUT2D eigenvalue weighted by molar-refractivity contribution is 7.10. The monoisotopic (exact) mass is 356 g/mol. The van der Waals surface area contributed by atoms with Gasteiger partial charge in [-0.15, -0.1) is 4.91 Å². The van der Waals surface area contributed by atoms with E-state index in [4.69, 9.17) is 14.2 Å². The molecule has 0 bridgehead atoms. The number of hydrogen-bond acceptors (Lipinski definition) is 7. The second-order valence-corrected chi connectivity index (χ2v) is 5.92. The molecule has 0 unspecified atom stereocenters. The van der Waals surface area contributed by atoms with E-state index in [9.17, 15) is 4.91 Å². The van der Waals surface area contributed by atoms with Crippen molar-refractivity contribution < 1.29 is 14.2 Å². The quantitative estimate of drug-likeness (QED) is 0.588. The van der Waals surface area contributed by atoms with Gasteiger partial charge in [-0.25, -0.2) is 0 Å². The Balaban J connectivity index is 2.11. The highest BCUT2D eigenvalue weighted by Crippen LogP contribution is 2.44. The smallest absolute Gasteiger partial charge is 0.203 e. The number of methoxy groups -OCH3 is 3. The predicted molar refractivity (Wildman–Crippen MR) is 98.1 cm³/mol. The van der Waals surface area contributed by atoms with Gasteiger partial charge < -0.3 is 14.2 Å². The van der Waals surface area contributed by atoms with Crippen molar-refractivity contribution in [1.29, 1.82) is 0 Å². The van der Waals surface area contributed by atoms with Crippen LogP contribution < -0.4 is 14.2 Å². The number of nitroso groups, excluding NO2 is 1. The fraction of sp³-hybridized carbons (Fsp3) is 0.167. The Kier molecular flexibility index (Phi) is 4.95. The third-order valence-corrected chi connectivity index (χ3v) is 4.63. The molecule has 6 nitrogen and oxygen atoms in total. The van der Waals surface area contributed by atoms with E-state index in [-0.39, 0.29) is 0 Å². The van der Waals surface area contributed by atoms with Crippen LogP contribution in [0.25, 0.3) is 21.6 Å². The molecule has 0 saturated heterocycles. The highest BCUT2D eigenvalue weighted by Gasteiger charge is 2.17. The summed E-state index contributed by atoms with van der Waals surface area (Å²) in [4.78, 5) is 11.6. The van der Waals surface area contributed by atoms with Crippen molar-refractivity contribution in [2.75, 3.05) is 21.3 Å². The fourth-order valence-corrected chi connectivity index (χ4v) is 3.32. The Labute approximate surface area is 149 Å². The van der Waals surface area contributed by atoms with Crippen molar-refractivity contribution >= 4 is 17.2 Å². The minimum Gasteiger partial charge on any atom is -0.493 e. The predicted octanol–water partition coefficient (Wildman–Crippen LogP) is 4.90.